The van der Waals surface area contributed by atoms with Gasteiger partial charge in [-0.2, -0.15) is 0 Å². The number of carbonyl (C=O) groups is 4. The Labute approximate surface area is 193 Å². The lowest BCUT2D eigenvalue weighted by Gasteiger charge is -2.39. The Morgan fingerprint density at radius 3 is 2.22 bits per heavy atom. The van der Waals surface area contributed by atoms with Gasteiger partial charge in [-0.25, -0.2) is 4.79 Å². The van der Waals surface area contributed by atoms with Crippen molar-refractivity contribution in [2.24, 2.45) is 5.92 Å². The van der Waals surface area contributed by atoms with Crippen LogP contribution in [0.3, 0.4) is 0 Å². The Balaban J connectivity index is 2.10. The second-order valence-corrected chi connectivity index (χ2v) is 9.38. The predicted molar refractivity (Wildman–Crippen MR) is 124 cm³/mol. The van der Waals surface area contributed by atoms with Crippen LogP contribution in [0.1, 0.15) is 97.3 Å². The lowest BCUT2D eigenvalue weighted by molar-refractivity contribution is -0.141. The number of nitrogens with zero attached hydrogens (tertiary/aromatic N) is 1. The molecule has 2 rings (SSSR count). The Kier molecular flexibility index (Phi) is 11.4. The molecule has 1 aliphatic heterocycles. The van der Waals surface area contributed by atoms with Crippen LogP contribution in [0.4, 0.5) is 4.79 Å². The van der Waals surface area contributed by atoms with E-state index in [9.17, 15) is 19.2 Å². The van der Waals surface area contributed by atoms with Crippen LogP contribution < -0.4 is 5.32 Å². The molecule has 2 amide bonds. The summed E-state index contributed by atoms with van der Waals surface area (Å²) in [4.78, 5) is 53.6. The summed E-state index contributed by atoms with van der Waals surface area (Å²) >= 11 is 0. The largest absolute Gasteiger partial charge is 0.378 e. The number of rotatable bonds is 13. The van der Waals surface area contributed by atoms with Crippen molar-refractivity contribution < 1.29 is 23.9 Å². The van der Waals surface area contributed by atoms with Crippen molar-refractivity contribution in [2.45, 2.75) is 103 Å². The number of morpholine rings is 1. The normalized spacial score (nSPS) is 19.2. The number of nitrogens with one attached hydrogen (secondary N) is 1. The van der Waals surface area contributed by atoms with E-state index in [1.54, 1.807) is 4.90 Å². The van der Waals surface area contributed by atoms with Gasteiger partial charge in [0.1, 0.15) is 5.54 Å². The van der Waals surface area contributed by atoms with Gasteiger partial charge in [0, 0.05) is 31.8 Å². The smallest absolute Gasteiger partial charge is 0.318 e. The highest BCUT2D eigenvalue weighted by Crippen LogP contribution is 2.32. The summed E-state index contributed by atoms with van der Waals surface area (Å²) in [6.45, 7) is 6.13. The quantitative estimate of drug-likeness (QED) is 0.335. The van der Waals surface area contributed by atoms with E-state index in [0.29, 0.717) is 45.6 Å². The maximum absolute atomic E-state index is 13.6. The molecule has 1 N–H and O–H groups in total. The zero-order chi connectivity index (χ0) is 23.4. The Morgan fingerprint density at radius 2 is 1.59 bits per heavy atom. The lowest BCUT2D eigenvalue weighted by Crippen LogP contribution is -2.60. The van der Waals surface area contributed by atoms with Crippen molar-refractivity contribution in [2.75, 3.05) is 26.3 Å². The minimum atomic E-state index is -0.927. The van der Waals surface area contributed by atoms with E-state index in [2.05, 4.69) is 12.2 Å². The number of amides is 2. The van der Waals surface area contributed by atoms with Gasteiger partial charge in [-0.3, -0.25) is 14.4 Å². The number of carbonyl (C=O) groups excluding carboxylic acids is 4. The first-order valence-corrected chi connectivity index (χ1v) is 12.7. The molecular weight excluding hydrogens is 408 g/mol. The molecular formula is C25H42N2O5. The summed E-state index contributed by atoms with van der Waals surface area (Å²) in [5.74, 6) is -1.40. The Morgan fingerprint density at radius 1 is 0.938 bits per heavy atom. The fraction of sp³-hybridized carbons (Fsp3) is 0.840. The zero-order valence-corrected chi connectivity index (χ0v) is 20.1. The third-order valence-corrected chi connectivity index (χ3v) is 6.88. The van der Waals surface area contributed by atoms with Gasteiger partial charge in [0.15, 0.2) is 11.6 Å². The molecule has 1 aliphatic carbocycles. The first kappa shape index (κ1) is 26.5. The summed E-state index contributed by atoms with van der Waals surface area (Å²) in [6, 6.07) is -0.226. The highest BCUT2D eigenvalue weighted by atomic mass is 16.5. The number of unbranched alkanes of at least 4 members (excludes halogenated alkanes) is 3. The molecule has 0 radical (unpaired) electrons. The monoisotopic (exact) mass is 450 g/mol. The molecule has 1 saturated heterocycles. The van der Waals surface area contributed by atoms with Crippen molar-refractivity contribution in [3.63, 3.8) is 0 Å². The van der Waals surface area contributed by atoms with Crippen LogP contribution in [-0.4, -0.2) is 60.1 Å². The highest BCUT2D eigenvalue weighted by Gasteiger charge is 2.43. The molecule has 1 saturated carbocycles. The number of hydrogen-bond acceptors (Lipinski definition) is 5. The average Bonchev–Trinajstić information content (AvgIpc) is 2.82. The van der Waals surface area contributed by atoms with Gasteiger partial charge in [0.2, 0.25) is 5.78 Å². The third kappa shape index (κ3) is 7.68. The molecule has 182 valence electrons. The highest BCUT2D eigenvalue weighted by molar-refractivity contribution is 6.38. The first-order chi connectivity index (χ1) is 15.4. The second kappa shape index (κ2) is 13.7. The van der Waals surface area contributed by atoms with E-state index in [1.807, 2.05) is 6.92 Å². The van der Waals surface area contributed by atoms with Crippen molar-refractivity contribution >= 4 is 23.4 Å². The molecule has 7 heteroatoms. The van der Waals surface area contributed by atoms with E-state index in [4.69, 9.17) is 4.74 Å². The van der Waals surface area contributed by atoms with E-state index in [-0.39, 0.29) is 30.4 Å². The maximum Gasteiger partial charge on any atom is 0.318 e. The van der Waals surface area contributed by atoms with Gasteiger partial charge in [-0.1, -0.05) is 58.8 Å². The van der Waals surface area contributed by atoms with Crippen molar-refractivity contribution in [3.05, 3.63) is 0 Å². The fourth-order valence-electron chi connectivity index (χ4n) is 4.76. The van der Waals surface area contributed by atoms with Gasteiger partial charge in [0.25, 0.3) is 0 Å². The molecule has 0 aromatic carbocycles. The molecule has 2 fully saturated rings. The molecule has 0 spiro atoms. The summed E-state index contributed by atoms with van der Waals surface area (Å²) < 4.78 is 5.33. The standard InChI is InChI=1S/C25H42N2O5/c1-3-5-8-12-21(28)23(30)20(11-6-4-2)19-22(29)25(13-9-7-10-14-25)26-24(31)27-15-17-32-18-16-27/h20H,3-19H2,1-2H3,(H,26,31)/t20-/m1/s1. The van der Waals surface area contributed by atoms with Crippen molar-refractivity contribution in [1.29, 1.82) is 0 Å². The average molecular weight is 451 g/mol. The van der Waals surface area contributed by atoms with Crippen LogP contribution in [0, 0.1) is 5.92 Å². The minimum absolute atomic E-state index is 0.0434. The summed E-state index contributed by atoms with van der Waals surface area (Å²) in [5.41, 5.74) is -0.927. The molecule has 1 heterocycles. The van der Waals surface area contributed by atoms with Crippen LogP contribution in [0.15, 0.2) is 0 Å². The van der Waals surface area contributed by atoms with Crippen LogP contribution >= 0.6 is 0 Å². The van der Waals surface area contributed by atoms with Gasteiger partial charge in [0.05, 0.1) is 13.2 Å². The SMILES string of the molecule is CCCCCC(=O)C(=O)[C@H](CCCC)CC(=O)C1(NC(=O)N2CCOCC2)CCCCC1. The number of ether oxygens (including phenoxy) is 1. The van der Waals surface area contributed by atoms with Crippen molar-refractivity contribution in [3.8, 4) is 0 Å². The van der Waals surface area contributed by atoms with E-state index >= 15 is 0 Å². The molecule has 7 nitrogen and oxygen atoms in total. The number of ketones is 3. The molecule has 0 unspecified atom stereocenters. The van der Waals surface area contributed by atoms with Gasteiger partial charge >= 0.3 is 6.03 Å². The maximum atomic E-state index is 13.6. The summed E-state index contributed by atoms with van der Waals surface area (Å²) in [5, 5.41) is 3.06. The van der Waals surface area contributed by atoms with Gasteiger partial charge in [-0.15, -0.1) is 0 Å². The van der Waals surface area contributed by atoms with Crippen molar-refractivity contribution in [1.82, 2.24) is 10.2 Å². The van der Waals surface area contributed by atoms with E-state index in [0.717, 1.165) is 51.4 Å². The molecule has 1 atom stereocenters. The minimum Gasteiger partial charge on any atom is -0.378 e. The topological polar surface area (TPSA) is 92.8 Å². The summed E-state index contributed by atoms with van der Waals surface area (Å²) in [6.07, 6.45) is 9.18. The Bertz CT molecular complexity index is 636. The Hall–Kier alpha value is -1.76. The van der Waals surface area contributed by atoms with Crippen LogP contribution in [-0.2, 0) is 19.1 Å². The molecule has 2 aliphatic rings. The third-order valence-electron chi connectivity index (χ3n) is 6.88. The van der Waals surface area contributed by atoms with Crippen LogP contribution in [0.25, 0.3) is 0 Å². The van der Waals surface area contributed by atoms with Crippen LogP contribution in [0.5, 0.6) is 0 Å². The molecule has 0 aromatic heterocycles. The second-order valence-electron chi connectivity index (χ2n) is 9.38. The number of hydrogen-bond donors (Lipinski definition) is 1. The predicted octanol–water partition coefficient (Wildman–Crippen LogP) is 4.22. The number of Topliss-reactive ketones (excluding diaryl/α,β-unsaturated/α-hetero) is 3. The summed E-state index contributed by atoms with van der Waals surface area (Å²) in [7, 11) is 0. The molecule has 0 bridgehead atoms. The van der Waals surface area contributed by atoms with E-state index in [1.165, 1.54) is 0 Å². The molecule has 0 aromatic rings. The molecule has 32 heavy (non-hydrogen) atoms. The van der Waals surface area contributed by atoms with E-state index < -0.39 is 17.2 Å². The zero-order valence-electron chi connectivity index (χ0n) is 20.1. The van der Waals surface area contributed by atoms with Gasteiger partial charge < -0.3 is 15.0 Å². The lowest BCUT2D eigenvalue weighted by atomic mass is 9.74. The number of urea groups is 1. The fourth-order valence-corrected chi connectivity index (χ4v) is 4.76. The van der Waals surface area contributed by atoms with Gasteiger partial charge in [-0.05, 0) is 25.7 Å². The first-order valence-electron chi connectivity index (χ1n) is 12.7. The van der Waals surface area contributed by atoms with Crippen LogP contribution in [0.2, 0.25) is 0 Å².